The molecule has 3 rings (SSSR count). The molecule has 0 amide bonds. The van der Waals surface area contributed by atoms with Gasteiger partial charge in [0, 0.05) is 22.7 Å². The van der Waals surface area contributed by atoms with Gasteiger partial charge in [-0.15, -0.1) is 6.42 Å². The number of rotatable bonds is 4. The number of terminal acetylenes is 1. The average molecular weight is 332 g/mol. The van der Waals surface area contributed by atoms with E-state index in [0.717, 1.165) is 32.1 Å². The van der Waals surface area contributed by atoms with E-state index in [0.29, 0.717) is 6.42 Å². The maximum absolute atomic E-state index is 8.86. The molecule has 0 aromatic rings. The lowest BCUT2D eigenvalue weighted by molar-refractivity contribution is -0.201. The highest BCUT2D eigenvalue weighted by Gasteiger charge is 2.57. The van der Waals surface area contributed by atoms with Crippen molar-refractivity contribution in [2.45, 2.75) is 74.7 Å². The van der Waals surface area contributed by atoms with Crippen LogP contribution in [-0.2, 0) is 14.2 Å². The lowest BCUT2D eigenvalue weighted by atomic mass is 9.84. The van der Waals surface area contributed by atoms with Gasteiger partial charge in [0.2, 0.25) is 0 Å². The van der Waals surface area contributed by atoms with Crippen LogP contribution in [0.15, 0.2) is 10.2 Å². The Morgan fingerprint density at radius 3 is 2.42 bits per heavy atom. The topological polar surface area (TPSA) is 125 Å². The Morgan fingerprint density at radius 2 is 1.75 bits per heavy atom. The molecule has 3 aliphatic rings. The second kappa shape index (κ2) is 7.31. The van der Waals surface area contributed by atoms with Crippen LogP contribution in [0.2, 0.25) is 0 Å². The molecule has 2 aliphatic carbocycles. The highest BCUT2D eigenvalue weighted by Crippen LogP contribution is 2.46. The summed E-state index contributed by atoms with van der Waals surface area (Å²) in [6, 6.07) is -0.968. The number of nitrogens with zero attached hydrogens (tertiary/aromatic N) is 6. The van der Waals surface area contributed by atoms with E-state index in [4.69, 9.17) is 31.7 Å². The lowest BCUT2D eigenvalue weighted by Gasteiger charge is -2.38. The molecule has 0 N–H and O–H groups in total. The van der Waals surface area contributed by atoms with E-state index >= 15 is 0 Å². The molecule has 9 nitrogen and oxygen atoms in total. The van der Waals surface area contributed by atoms with Crippen LogP contribution >= 0.6 is 0 Å². The van der Waals surface area contributed by atoms with Crippen molar-refractivity contribution in [3.8, 4) is 12.3 Å². The summed E-state index contributed by atoms with van der Waals surface area (Å²) in [4.78, 5) is 5.81. The molecule has 9 heteroatoms. The van der Waals surface area contributed by atoms with Crippen molar-refractivity contribution in [3.63, 3.8) is 0 Å². The predicted octanol–water partition coefficient (Wildman–Crippen LogP) is 3.21. The van der Waals surface area contributed by atoms with Crippen molar-refractivity contribution < 1.29 is 14.2 Å². The van der Waals surface area contributed by atoms with Crippen LogP contribution in [0.3, 0.4) is 0 Å². The van der Waals surface area contributed by atoms with Gasteiger partial charge >= 0.3 is 0 Å². The summed E-state index contributed by atoms with van der Waals surface area (Å²) in [7, 11) is 0. The van der Waals surface area contributed by atoms with Gasteiger partial charge in [-0.3, -0.25) is 0 Å². The average Bonchev–Trinajstić information content (AvgIpc) is 2.94. The van der Waals surface area contributed by atoms with Gasteiger partial charge in [0.1, 0.15) is 12.7 Å². The van der Waals surface area contributed by atoms with E-state index in [-0.39, 0.29) is 6.61 Å². The van der Waals surface area contributed by atoms with Gasteiger partial charge in [-0.1, -0.05) is 22.6 Å². The minimum atomic E-state index is -0.653. The number of ether oxygens (including phenoxy) is 3. The first-order valence-corrected chi connectivity index (χ1v) is 8.22. The fraction of sp³-hybridized carbons (Fsp3) is 0.867. The molecule has 0 bridgehead atoms. The number of azide groups is 2. The molecule has 24 heavy (non-hydrogen) atoms. The van der Waals surface area contributed by atoms with E-state index in [1.807, 2.05) is 0 Å². The van der Waals surface area contributed by atoms with E-state index in [1.54, 1.807) is 0 Å². The van der Waals surface area contributed by atoms with Crippen molar-refractivity contribution in [2.24, 2.45) is 10.2 Å². The van der Waals surface area contributed by atoms with Crippen molar-refractivity contribution in [1.29, 1.82) is 0 Å². The van der Waals surface area contributed by atoms with Gasteiger partial charge in [0.05, 0.1) is 24.3 Å². The Labute approximate surface area is 139 Å². The molecular formula is C15H20N6O3. The first-order valence-electron chi connectivity index (χ1n) is 8.22. The monoisotopic (exact) mass is 332 g/mol. The normalized spacial score (nSPS) is 36.9. The van der Waals surface area contributed by atoms with Crippen molar-refractivity contribution in [3.05, 3.63) is 20.9 Å². The molecule has 1 heterocycles. The van der Waals surface area contributed by atoms with Gasteiger partial charge in [-0.2, -0.15) is 0 Å². The zero-order chi connectivity index (χ0) is 17.0. The predicted molar refractivity (Wildman–Crippen MR) is 84.6 cm³/mol. The lowest BCUT2D eigenvalue weighted by Crippen LogP contribution is -2.54. The maximum atomic E-state index is 8.86. The molecule has 0 aromatic heterocycles. The van der Waals surface area contributed by atoms with E-state index in [9.17, 15) is 0 Å². The number of hydrogen-bond acceptors (Lipinski definition) is 5. The minimum absolute atomic E-state index is 0.0912. The Hall–Kier alpha value is -1.94. The van der Waals surface area contributed by atoms with Gasteiger partial charge in [0.15, 0.2) is 5.79 Å². The largest absolute Gasteiger partial charge is 0.362 e. The quantitative estimate of drug-likeness (QED) is 0.339. The second-order valence-electron chi connectivity index (χ2n) is 6.40. The molecule has 1 aliphatic heterocycles. The summed E-state index contributed by atoms with van der Waals surface area (Å²) >= 11 is 0. The fourth-order valence-electron chi connectivity index (χ4n) is 3.98. The van der Waals surface area contributed by atoms with Gasteiger partial charge in [-0.05, 0) is 30.3 Å². The van der Waals surface area contributed by atoms with Crippen LogP contribution in [0.5, 0.6) is 0 Å². The van der Waals surface area contributed by atoms with E-state index in [2.05, 4.69) is 26.0 Å². The molecule has 1 saturated heterocycles. The summed E-state index contributed by atoms with van der Waals surface area (Å²) in [5.74, 6) is 1.78. The Morgan fingerprint density at radius 1 is 1.08 bits per heavy atom. The number of fused-ring (bicyclic) bond motifs is 1. The third-order valence-electron chi connectivity index (χ3n) is 4.97. The molecule has 0 radical (unpaired) electrons. The van der Waals surface area contributed by atoms with Crippen molar-refractivity contribution in [1.82, 2.24) is 0 Å². The Bertz CT molecular complexity index is 601. The first kappa shape index (κ1) is 16.9. The van der Waals surface area contributed by atoms with Crippen molar-refractivity contribution in [2.75, 3.05) is 6.61 Å². The highest BCUT2D eigenvalue weighted by atomic mass is 16.8. The van der Waals surface area contributed by atoms with Crippen LogP contribution < -0.4 is 0 Å². The summed E-state index contributed by atoms with van der Waals surface area (Å²) in [5.41, 5.74) is 17.7. The van der Waals surface area contributed by atoms with E-state index in [1.165, 1.54) is 0 Å². The second-order valence-corrected chi connectivity index (χ2v) is 6.40. The third kappa shape index (κ3) is 3.16. The van der Waals surface area contributed by atoms with Crippen LogP contribution in [0.1, 0.15) is 38.5 Å². The Kier molecular flexibility index (Phi) is 5.14. The fourth-order valence-corrected chi connectivity index (χ4v) is 3.98. The van der Waals surface area contributed by atoms with Crippen LogP contribution in [0, 0.1) is 12.3 Å². The summed E-state index contributed by atoms with van der Waals surface area (Å²) in [5, 5.41) is 7.66. The summed E-state index contributed by atoms with van der Waals surface area (Å²) < 4.78 is 18.2. The molecular weight excluding hydrogens is 312 g/mol. The maximum Gasteiger partial charge on any atom is 0.169 e. The zero-order valence-electron chi connectivity index (χ0n) is 13.3. The Balaban J connectivity index is 1.89. The molecule has 2 saturated carbocycles. The minimum Gasteiger partial charge on any atom is -0.362 e. The van der Waals surface area contributed by atoms with Crippen LogP contribution in [0.25, 0.3) is 20.9 Å². The number of hydrogen-bond donors (Lipinski definition) is 0. The standard InChI is InChI=1S/C15H20N6O3/c1-2-8-22-12-10(18-20-16)9-11(19-21-17)13-14(12)24-15(23-13)6-4-3-5-7-15/h1,10-14H,3-9H2/t10-,11+,12+,13-,14-/m0/s1. The molecule has 0 aromatic carbocycles. The molecule has 3 fully saturated rings. The summed E-state index contributed by atoms with van der Waals surface area (Å²) in [6.07, 6.45) is 9.09. The van der Waals surface area contributed by atoms with Crippen LogP contribution in [0.4, 0.5) is 0 Å². The highest BCUT2D eigenvalue weighted by molar-refractivity contribution is 5.07. The van der Waals surface area contributed by atoms with Crippen LogP contribution in [-0.4, -0.2) is 42.8 Å². The third-order valence-corrected chi connectivity index (χ3v) is 4.97. The first-order chi connectivity index (χ1) is 11.7. The van der Waals surface area contributed by atoms with Gasteiger partial charge in [-0.25, -0.2) is 0 Å². The van der Waals surface area contributed by atoms with E-state index < -0.39 is 36.2 Å². The smallest absolute Gasteiger partial charge is 0.169 e. The van der Waals surface area contributed by atoms with Gasteiger partial charge in [0.25, 0.3) is 0 Å². The molecule has 128 valence electrons. The zero-order valence-corrected chi connectivity index (χ0v) is 13.3. The summed E-state index contributed by atoms with van der Waals surface area (Å²) in [6.45, 7) is 0.0912. The molecule has 1 spiro atoms. The van der Waals surface area contributed by atoms with Crippen molar-refractivity contribution >= 4 is 0 Å². The molecule has 0 unspecified atom stereocenters. The molecule has 5 atom stereocenters. The SMILES string of the molecule is C#CCO[C@H]1[C@@H]2OC3(CCCCC3)O[C@H]2[C@H](N=[N+]=[N-])C[C@@H]1N=[N+]=[N-]. The van der Waals surface area contributed by atoms with Gasteiger partial charge < -0.3 is 14.2 Å².